The topological polar surface area (TPSA) is 50.9 Å². The fourth-order valence-corrected chi connectivity index (χ4v) is 1.84. The lowest BCUT2D eigenvalue weighted by Crippen LogP contribution is -2.26. The van der Waals surface area contributed by atoms with E-state index in [0.717, 1.165) is 17.7 Å². The molecule has 0 aliphatic carbocycles. The van der Waals surface area contributed by atoms with Crippen molar-refractivity contribution in [1.82, 2.24) is 4.98 Å². The fraction of sp³-hybridized carbons (Fsp3) is 0.500. The van der Waals surface area contributed by atoms with Gasteiger partial charge in [-0.15, -0.1) is 0 Å². The largest absolute Gasteiger partial charge is 0.389 e. The summed E-state index contributed by atoms with van der Waals surface area (Å²) in [6, 6.07) is 2.26. The van der Waals surface area contributed by atoms with E-state index in [1.807, 2.05) is 6.07 Å². The minimum atomic E-state index is 0.406. The van der Waals surface area contributed by atoms with E-state index in [0.29, 0.717) is 16.9 Å². The Morgan fingerprint density at radius 1 is 1.56 bits per heavy atom. The van der Waals surface area contributed by atoms with Gasteiger partial charge in [0.25, 0.3) is 0 Å². The summed E-state index contributed by atoms with van der Waals surface area (Å²) < 4.78 is 0. The molecule has 0 bridgehead atoms. The number of nitrogens with two attached hydrogens (primary N) is 1. The lowest BCUT2D eigenvalue weighted by atomic mass is 10.0. The van der Waals surface area contributed by atoms with Crippen LogP contribution in [-0.2, 0) is 0 Å². The van der Waals surface area contributed by atoms with Crippen LogP contribution in [0.2, 0.25) is 0 Å². The van der Waals surface area contributed by atoms with E-state index in [2.05, 4.69) is 31.1 Å². The van der Waals surface area contributed by atoms with Crippen LogP contribution in [0.5, 0.6) is 0 Å². The molecule has 88 valence electrons. The number of aromatic nitrogens is 1. The number of pyridine rings is 1. The molecule has 1 aromatic rings. The van der Waals surface area contributed by atoms with Crippen LogP contribution >= 0.6 is 12.2 Å². The van der Waals surface area contributed by atoms with Gasteiger partial charge in [0.15, 0.2) is 0 Å². The summed E-state index contributed by atoms with van der Waals surface area (Å²) in [5, 5.41) is 3.45. The molecule has 3 N–H and O–H groups in total. The number of rotatable bonds is 5. The van der Waals surface area contributed by atoms with Crippen LogP contribution < -0.4 is 11.1 Å². The summed E-state index contributed by atoms with van der Waals surface area (Å²) in [7, 11) is 0. The molecule has 0 spiro atoms. The van der Waals surface area contributed by atoms with E-state index < -0.39 is 0 Å². The van der Waals surface area contributed by atoms with Gasteiger partial charge in [0.1, 0.15) is 4.99 Å². The van der Waals surface area contributed by atoms with Crippen molar-refractivity contribution in [2.45, 2.75) is 33.2 Å². The van der Waals surface area contributed by atoms with E-state index in [1.54, 1.807) is 12.4 Å². The zero-order valence-corrected chi connectivity index (χ0v) is 10.8. The van der Waals surface area contributed by atoms with Gasteiger partial charge in [-0.3, -0.25) is 4.98 Å². The van der Waals surface area contributed by atoms with Gasteiger partial charge in [-0.2, -0.15) is 0 Å². The molecule has 1 unspecified atom stereocenters. The molecule has 0 aliphatic heterocycles. The second kappa shape index (κ2) is 5.80. The van der Waals surface area contributed by atoms with Crippen molar-refractivity contribution in [3.63, 3.8) is 0 Å². The van der Waals surface area contributed by atoms with E-state index >= 15 is 0 Å². The number of anilines is 1. The Morgan fingerprint density at radius 2 is 2.25 bits per heavy atom. The van der Waals surface area contributed by atoms with Gasteiger partial charge in [0.2, 0.25) is 0 Å². The standard InChI is InChI=1S/C12H19N3S/c1-4-10(8(2)3)15-11-7-14-6-5-9(11)12(13)16/h5-8,10,15H,4H2,1-3H3,(H2,13,16). The fourth-order valence-electron chi connectivity index (χ4n) is 1.66. The summed E-state index contributed by atoms with van der Waals surface area (Å²) in [4.78, 5) is 4.50. The monoisotopic (exact) mass is 237 g/mol. The second-order valence-corrected chi connectivity index (χ2v) is 4.63. The van der Waals surface area contributed by atoms with E-state index in [1.165, 1.54) is 0 Å². The average Bonchev–Trinajstić information content (AvgIpc) is 2.25. The summed E-state index contributed by atoms with van der Waals surface area (Å²) in [6.45, 7) is 6.55. The number of hydrogen-bond acceptors (Lipinski definition) is 3. The van der Waals surface area contributed by atoms with Crippen LogP contribution in [0.25, 0.3) is 0 Å². The lowest BCUT2D eigenvalue weighted by Gasteiger charge is -2.23. The molecular formula is C12H19N3S. The summed E-state index contributed by atoms with van der Waals surface area (Å²) >= 11 is 5.01. The van der Waals surface area contributed by atoms with Crippen LogP contribution in [0.3, 0.4) is 0 Å². The Kier molecular flexibility index (Phi) is 4.68. The average molecular weight is 237 g/mol. The Hall–Kier alpha value is -1.16. The molecule has 3 nitrogen and oxygen atoms in total. The van der Waals surface area contributed by atoms with Crippen LogP contribution in [0.4, 0.5) is 5.69 Å². The summed E-state index contributed by atoms with van der Waals surface area (Å²) in [5.41, 5.74) is 7.46. The molecule has 16 heavy (non-hydrogen) atoms. The maximum absolute atomic E-state index is 5.67. The molecule has 1 aromatic heterocycles. The number of nitrogens with zero attached hydrogens (tertiary/aromatic N) is 1. The summed E-state index contributed by atoms with van der Waals surface area (Å²) in [5.74, 6) is 0.560. The van der Waals surface area contributed by atoms with Crippen molar-refractivity contribution in [3.05, 3.63) is 24.0 Å². The number of thiocarbonyl (C=S) groups is 1. The van der Waals surface area contributed by atoms with Crippen LogP contribution in [0.1, 0.15) is 32.8 Å². The highest BCUT2D eigenvalue weighted by Crippen LogP contribution is 2.18. The maximum Gasteiger partial charge on any atom is 0.106 e. The van der Waals surface area contributed by atoms with Gasteiger partial charge in [-0.05, 0) is 18.4 Å². The molecule has 0 aromatic carbocycles. The van der Waals surface area contributed by atoms with Gasteiger partial charge in [-0.1, -0.05) is 33.0 Å². The molecule has 1 atom stereocenters. The van der Waals surface area contributed by atoms with Crippen molar-refractivity contribution < 1.29 is 0 Å². The number of hydrogen-bond donors (Lipinski definition) is 2. The SMILES string of the molecule is CCC(Nc1cnccc1C(N)=S)C(C)C. The quantitative estimate of drug-likeness (QED) is 0.773. The minimum Gasteiger partial charge on any atom is -0.389 e. The molecule has 0 amide bonds. The third kappa shape index (κ3) is 3.17. The Morgan fingerprint density at radius 3 is 2.75 bits per heavy atom. The molecule has 1 heterocycles. The van der Waals surface area contributed by atoms with Gasteiger partial charge >= 0.3 is 0 Å². The van der Waals surface area contributed by atoms with Crippen molar-refractivity contribution >= 4 is 22.9 Å². The van der Waals surface area contributed by atoms with Crippen molar-refractivity contribution in [1.29, 1.82) is 0 Å². The van der Waals surface area contributed by atoms with Crippen LogP contribution in [0, 0.1) is 5.92 Å². The highest BCUT2D eigenvalue weighted by atomic mass is 32.1. The highest BCUT2D eigenvalue weighted by Gasteiger charge is 2.13. The first kappa shape index (κ1) is 12.9. The third-order valence-corrected chi connectivity index (χ3v) is 2.89. The third-order valence-electron chi connectivity index (χ3n) is 2.67. The zero-order chi connectivity index (χ0) is 12.1. The predicted octanol–water partition coefficient (Wildman–Crippen LogP) is 2.56. The Bertz CT molecular complexity index is 363. The molecule has 0 fully saturated rings. The zero-order valence-electron chi connectivity index (χ0n) is 10.0. The minimum absolute atomic E-state index is 0.406. The molecular weight excluding hydrogens is 218 g/mol. The Labute approximate surface area is 102 Å². The smallest absolute Gasteiger partial charge is 0.106 e. The molecule has 0 saturated carbocycles. The van der Waals surface area contributed by atoms with Gasteiger partial charge in [0.05, 0.1) is 11.9 Å². The van der Waals surface area contributed by atoms with Crippen LogP contribution in [-0.4, -0.2) is 16.0 Å². The van der Waals surface area contributed by atoms with Gasteiger partial charge in [0, 0.05) is 17.8 Å². The van der Waals surface area contributed by atoms with Crippen molar-refractivity contribution in [2.24, 2.45) is 11.7 Å². The van der Waals surface area contributed by atoms with E-state index in [4.69, 9.17) is 18.0 Å². The second-order valence-electron chi connectivity index (χ2n) is 4.19. The number of nitrogens with one attached hydrogen (secondary N) is 1. The highest BCUT2D eigenvalue weighted by molar-refractivity contribution is 7.80. The van der Waals surface area contributed by atoms with Crippen molar-refractivity contribution in [3.8, 4) is 0 Å². The summed E-state index contributed by atoms with van der Waals surface area (Å²) in [6.07, 6.45) is 4.54. The molecule has 0 radical (unpaired) electrons. The van der Waals surface area contributed by atoms with E-state index in [9.17, 15) is 0 Å². The molecule has 0 aliphatic rings. The molecule has 4 heteroatoms. The molecule has 0 saturated heterocycles. The van der Waals surface area contributed by atoms with Crippen LogP contribution in [0.15, 0.2) is 18.5 Å². The van der Waals surface area contributed by atoms with E-state index in [-0.39, 0.29) is 0 Å². The lowest BCUT2D eigenvalue weighted by molar-refractivity contribution is 0.511. The molecule has 1 rings (SSSR count). The maximum atomic E-state index is 5.67. The van der Waals surface area contributed by atoms with Crippen molar-refractivity contribution in [2.75, 3.05) is 5.32 Å². The first-order valence-corrected chi connectivity index (χ1v) is 5.97. The predicted molar refractivity (Wildman–Crippen MR) is 72.7 cm³/mol. The normalized spacial score (nSPS) is 12.5. The first-order valence-electron chi connectivity index (χ1n) is 5.56. The van der Waals surface area contributed by atoms with Gasteiger partial charge in [-0.25, -0.2) is 0 Å². The van der Waals surface area contributed by atoms with Gasteiger partial charge < -0.3 is 11.1 Å². The first-order chi connectivity index (χ1) is 7.56. The Balaban J connectivity index is 2.91.